The fourth-order valence-corrected chi connectivity index (χ4v) is 2.86. The number of nitrogens with zero attached hydrogens (tertiary/aromatic N) is 4. The average Bonchev–Trinajstić information content (AvgIpc) is 2.95. The van der Waals surface area contributed by atoms with Crippen molar-refractivity contribution in [3.05, 3.63) is 35.0 Å². The van der Waals surface area contributed by atoms with E-state index in [-0.39, 0.29) is 0 Å². The average molecular weight is 334 g/mol. The van der Waals surface area contributed by atoms with Crippen molar-refractivity contribution in [1.82, 2.24) is 19.1 Å². The third-order valence-corrected chi connectivity index (χ3v) is 4.39. The molecule has 6 heteroatoms. The lowest BCUT2D eigenvalue weighted by atomic mass is 10.1. The van der Waals surface area contributed by atoms with E-state index in [9.17, 15) is 0 Å². The summed E-state index contributed by atoms with van der Waals surface area (Å²) >= 11 is 3.61. The summed E-state index contributed by atoms with van der Waals surface area (Å²) < 4.78 is 5.01. The Kier molecular flexibility index (Phi) is 3.35. The first-order valence-electron chi connectivity index (χ1n) is 6.44. The minimum Gasteiger partial charge on any atom is -0.334 e. The van der Waals surface area contributed by atoms with Gasteiger partial charge in [-0.15, -0.1) is 0 Å². The van der Waals surface area contributed by atoms with Crippen LogP contribution in [-0.4, -0.2) is 25.6 Å². The fraction of sp³-hybridized carbons (Fsp3) is 0.286. The lowest BCUT2D eigenvalue weighted by molar-refractivity contribution is 0.767. The Hall–Kier alpha value is -1.66. The van der Waals surface area contributed by atoms with Crippen LogP contribution in [0.5, 0.6) is 0 Å². The number of imidazole rings is 2. The molecule has 2 N–H and O–H groups in total. The van der Waals surface area contributed by atoms with Gasteiger partial charge < -0.3 is 14.9 Å². The molecule has 0 saturated heterocycles. The van der Waals surface area contributed by atoms with Crippen molar-refractivity contribution in [3.8, 4) is 11.3 Å². The normalized spacial score (nSPS) is 11.4. The number of benzene rings is 1. The van der Waals surface area contributed by atoms with Gasteiger partial charge >= 0.3 is 0 Å². The third-order valence-electron chi connectivity index (χ3n) is 3.48. The molecule has 0 spiro atoms. The molecule has 0 radical (unpaired) electrons. The zero-order chi connectivity index (χ0) is 14.3. The highest BCUT2D eigenvalue weighted by molar-refractivity contribution is 9.10. The standard InChI is InChI=1S/C14H16BrN5/c1-19-8-17-10-7-9(3-4-11(10)19)13-14(15)20(2)12(18-13)5-6-16/h3-4,7-8H,5-6,16H2,1-2H3. The molecular formula is C14H16BrN5. The topological polar surface area (TPSA) is 61.7 Å². The lowest BCUT2D eigenvalue weighted by Gasteiger charge is -2.00. The van der Waals surface area contributed by atoms with Gasteiger partial charge in [-0.25, -0.2) is 9.97 Å². The molecule has 5 nitrogen and oxygen atoms in total. The van der Waals surface area contributed by atoms with Crippen molar-refractivity contribution in [2.45, 2.75) is 6.42 Å². The highest BCUT2D eigenvalue weighted by atomic mass is 79.9. The smallest absolute Gasteiger partial charge is 0.112 e. The Morgan fingerprint density at radius 2 is 2.10 bits per heavy atom. The summed E-state index contributed by atoms with van der Waals surface area (Å²) in [5.74, 6) is 0.982. The van der Waals surface area contributed by atoms with E-state index in [0.29, 0.717) is 6.54 Å². The van der Waals surface area contributed by atoms with Gasteiger partial charge in [-0.2, -0.15) is 0 Å². The Bertz CT molecular complexity index is 771. The molecule has 0 fully saturated rings. The van der Waals surface area contributed by atoms with Gasteiger partial charge in [-0.1, -0.05) is 6.07 Å². The van der Waals surface area contributed by atoms with Crippen LogP contribution in [-0.2, 0) is 20.5 Å². The van der Waals surface area contributed by atoms with Gasteiger partial charge in [0.25, 0.3) is 0 Å². The van der Waals surface area contributed by atoms with E-state index in [2.05, 4.69) is 44.1 Å². The molecule has 104 valence electrons. The molecule has 0 amide bonds. The van der Waals surface area contributed by atoms with Gasteiger partial charge in [0.05, 0.1) is 17.4 Å². The van der Waals surface area contributed by atoms with E-state index in [1.807, 2.05) is 29.6 Å². The summed E-state index contributed by atoms with van der Waals surface area (Å²) in [4.78, 5) is 9.08. The van der Waals surface area contributed by atoms with Gasteiger partial charge in [0.15, 0.2) is 0 Å². The molecule has 0 aliphatic heterocycles. The number of hydrogen-bond acceptors (Lipinski definition) is 3. The fourth-order valence-electron chi connectivity index (χ4n) is 2.34. The quantitative estimate of drug-likeness (QED) is 0.799. The minimum atomic E-state index is 0.593. The number of rotatable bonds is 3. The van der Waals surface area contributed by atoms with Crippen LogP contribution in [0.1, 0.15) is 5.82 Å². The van der Waals surface area contributed by atoms with Crippen molar-refractivity contribution in [2.75, 3.05) is 6.54 Å². The first kappa shape index (κ1) is 13.3. The summed E-state index contributed by atoms with van der Waals surface area (Å²) in [6, 6.07) is 6.21. The van der Waals surface area contributed by atoms with Crippen LogP contribution in [0, 0.1) is 0 Å². The van der Waals surface area contributed by atoms with Crippen molar-refractivity contribution in [2.24, 2.45) is 19.8 Å². The highest BCUT2D eigenvalue weighted by Crippen LogP contribution is 2.30. The molecule has 2 heterocycles. The number of aryl methyl sites for hydroxylation is 1. The molecule has 3 rings (SSSR count). The SMILES string of the molecule is Cn1c(CCN)nc(-c2ccc3c(c2)ncn3C)c1Br. The summed E-state index contributed by atoms with van der Waals surface area (Å²) in [5, 5.41) is 0. The second-order valence-electron chi connectivity index (χ2n) is 4.82. The highest BCUT2D eigenvalue weighted by Gasteiger charge is 2.14. The summed E-state index contributed by atoms with van der Waals surface area (Å²) in [6.45, 7) is 0.593. The van der Waals surface area contributed by atoms with Gasteiger partial charge in [0.1, 0.15) is 16.1 Å². The monoisotopic (exact) mass is 333 g/mol. The van der Waals surface area contributed by atoms with Crippen LogP contribution in [0.4, 0.5) is 0 Å². The van der Waals surface area contributed by atoms with Crippen LogP contribution >= 0.6 is 15.9 Å². The number of halogens is 1. The van der Waals surface area contributed by atoms with Gasteiger partial charge in [0.2, 0.25) is 0 Å². The summed E-state index contributed by atoms with van der Waals surface area (Å²) in [5.41, 5.74) is 9.70. The molecule has 0 atom stereocenters. The zero-order valence-electron chi connectivity index (χ0n) is 11.5. The summed E-state index contributed by atoms with van der Waals surface area (Å²) in [7, 11) is 3.98. The van der Waals surface area contributed by atoms with Crippen LogP contribution < -0.4 is 5.73 Å². The van der Waals surface area contributed by atoms with E-state index < -0.39 is 0 Å². The maximum Gasteiger partial charge on any atom is 0.112 e. The van der Waals surface area contributed by atoms with E-state index in [1.54, 1.807) is 0 Å². The molecule has 20 heavy (non-hydrogen) atoms. The largest absolute Gasteiger partial charge is 0.334 e. The van der Waals surface area contributed by atoms with E-state index in [0.717, 1.165) is 39.1 Å². The van der Waals surface area contributed by atoms with Crippen LogP contribution in [0.25, 0.3) is 22.3 Å². The first-order chi connectivity index (χ1) is 9.61. The molecular weight excluding hydrogens is 318 g/mol. The Morgan fingerprint density at radius 1 is 1.30 bits per heavy atom. The van der Waals surface area contributed by atoms with E-state index in [4.69, 9.17) is 5.73 Å². The predicted molar refractivity (Wildman–Crippen MR) is 83.4 cm³/mol. The molecule has 3 aromatic rings. The Morgan fingerprint density at radius 3 is 2.85 bits per heavy atom. The van der Waals surface area contributed by atoms with Crippen molar-refractivity contribution < 1.29 is 0 Å². The Labute approximate surface area is 125 Å². The molecule has 0 aliphatic carbocycles. The third kappa shape index (κ3) is 2.05. The van der Waals surface area contributed by atoms with Crippen LogP contribution in [0.3, 0.4) is 0 Å². The molecule has 0 saturated carbocycles. The molecule has 0 aliphatic rings. The second kappa shape index (κ2) is 5.03. The molecule has 1 aromatic carbocycles. The predicted octanol–water partition coefficient (Wildman–Crippen LogP) is 2.24. The molecule has 2 aromatic heterocycles. The maximum absolute atomic E-state index is 5.62. The van der Waals surface area contributed by atoms with Crippen molar-refractivity contribution in [1.29, 1.82) is 0 Å². The zero-order valence-corrected chi connectivity index (χ0v) is 13.1. The number of aromatic nitrogens is 4. The number of nitrogens with two attached hydrogens (primary N) is 1. The number of fused-ring (bicyclic) bond motifs is 1. The lowest BCUT2D eigenvalue weighted by Crippen LogP contribution is -2.07. The Balaban J connectivity index is 2.12. The van der Waals surface area contributed by atoms with E-state index >= 15 is 0 Å². The second-order valence-corrected chi connectivity index (χ2v) is 5.58. The van der Waals surface area contributed by atoms with Crippen molar-refractivity contribution >= 4 is 27.0 Å². The molecule has 0 unspecified atom stereocenters. The van der Waals surface area contributed by atoms with Crippen LogP contribution in [0.2, 0.25) is 0 Å². The van der Waals surface area contributed by atoms with Crippen molar-refractivity contribution in [3.63, 3.8) is 0 Å². The first-order valence-corrected chi connectivity index (χ1v) is 7.23. The van der Waals surface area contributed by atoms with Gasteiger partial charge in [-0.05, 0) is 34.6 Å². The maximum atomic E-state index is 5.62. The number of hydrogen-bond donors (Lipinski definition) is 1. The molecule has 0 bridgehead atoms. The van der Waals surface area contributed by atoms with Crippen LogP contribution in [0.15, 0.2) is 29.1 Å². The summed E-state index contributed by atoms with van der Waals surface area (Å²) in [6.07, 6.45) is 2.59. The minimum absolute atomic E-state index is 0.593. The van der Waals surface area contributed by atoms with Gasteiger partial charge in [0, 0.05) is 26.1 Å². The van der Waals surface area contributed by atoms with E-state index in [1.165, 1.54) is 0 Å². The van der Waals surface area contributed by atoms with Gasteiger partial charge in [-0.3, -0.25) is 0 Å².